The highest BCUT2D eigenvalue weighted by Gasteiger charge is 2.33. The molecule has 3 N–H and O–H groups in total. The minimum absolute atomic E-state index is 0.103. The highest BCUT2D eigenvalue weighted by atomic mass is 79.9. The van der Waals surface area contributed by atoms with Crippen LogP contribution < -0.4 is 11.1 Å². The van der Waals surface area contributed by atoms with Crippen molar-refractivity contribution in [3.8, 4) is 0 Å². The first-order valence-corrected chi connectivity index (χ1v) is 5.88. The fourth-order valence-electron chi connectivity index (χ4n) is 1.44. The number of nitrogens with one attached hydrogen (secondary N) is 1. The van der Waals surface area contributed by atoms with Crippen LogP contribution in [-0.4, -0.2) is 9.97 Å². The molecular weight excluding hydrogens is 325 g/mol. The van der Waals surface area contributed by atoms with Crippen molar-refractivity contribution in [2.24, 2.45) is 0 Å². The molecule has 1 heterocycles. The normalized spacial score (nSPS) is 11.4. The van der Waals surface area contributed by atoms with Crippen molar-refractivity contribution < 1.29 is 13.2 Å². The molecule has 8 heteroatoms. The van der Waals surface area contributed by atoms with Gasteiger partial charge in [-0.2, -0.15) is 13.2 Å². The number of nitrogen functional groups attached to an aromatic ring is 1. The van der Waals surface area contributed by atoms with Gasteiger partial charge in [0.2, 0.25) is 0 Å². The molecule has 0 aliphatic heterocycles. The third-order valence-electron chi connectivity index (χ3n) is 2.30. The fraction of sp³-hybridized carbons (Fsp3) is 0.0909. The smallest absolute Gasteiger partial charge is 0.383 e. The molecular formula is C11H8BrF3N4. The van der Waals surface area contributed by atoms with Gasteiger partial charge in [0, 0.05) is 0 Å². The van der Waals surface area contributed by atoms with Crippen LogP contribution in [0.4, 0.5) is 30.5 Å². The van der Waals surface area contributed by atoms with E-state index in [1.807, 2.05) is 0 Å². The van der Waals surface area contributed by atoms with Crippen molar-refractivity contribution in [1.29, 1.82) is 0 Å². The number of alkyl halides is 3. The third-order valence-corrected chi connectivity index (χ3v) is 3.08. The van der Waals surface area contributed by atoms with Crippen LogP contribution in [0.25, 0.3) is 0 Å². The van der Waals surface area contributed by atoms with Crippen molar-refractivity contribution in [2.45, 2.75) is 6.18 Å². The molecule has 0 bridgehead atoms. The first-order valence-electron chi connectivity index (χ1n) is 5.09. The first-order chi connectivity index (χ1) is 8.89. The molecule has 2 aromatic rings. The summed E-state index contributed by atoms with van der Waals surface area (Å²) < 4.78 is 38.8. The Morgan fingerprint density at radius 3 is 2.53 bits per heavy atom. The predicted octanol–water partition coefficient (Wildman–Crippen LogP) is 3.58. The number of nitrogens with two attached hydrogens (primary N) is 1. The lowest BCUT2D eigenvalue weighted by atomic mass is 10.1. The summed E-state index contributed by atoms with van der Waals surface area (Å²) in [5.41, 5.74) is 4.66. The van der Waals surface area contributed by atoms with E-state index in [-0.39, 0.29) is 17.3 Å². The molecule has 0 amide bonds. The molecule has 0 aliphatic carbocycles. The van der Waals surface area contributed by atoms with Crippen LogP contribution in [0, 0.1) is 0 Å². The van der Waals surface area contributed by atoms with E-state index in [9.17, 15) is 13.2 Å². The number of anilines is 3. The quantitative estimate of drug-likeness (QED) is 0.882. The maximum Gasteiger partial charge on any atom is 0.418 e. The standard InChI is InChI=1S/C11H8BrF3N4/c12-8-9(16)17-5-18-10(8)19-7-4-2-1-3-6(7)11(13,14)15/h1-5H,(H3,16,17,18,19). The Morgan fingerprint density at radius 2 is 1.84 bits per heavy atom. The summed E-state index contributed by atoms with van der Waals surface area (Å²) >= 11 is 3.12. The van der Waals surface area contributed by atoms with E-state index in [2.05, 4.69) is 31.2 Å². The minimum atomic E-state index is -4.45. The first kappa shape index (κ1) is 13.6. The van der Waals surface area contributed by atoms with Crippen molar-refractivity contribution in [3.05, 3.63) is 40.6 Å². The molecule has 0 radical (unpaired) electrons. The van der Waals surface area contributed by atoms with Crippen molar-refractivity contribution in [2.75, 3.05) is 11.1 Å². The van der Waals surface area contributed by atoms with E-state index in [0.29, 0.717) is 4.47 Å². The monoisotopic (exact) mass is 332 g/mol. The molecule has 0 saturated heterocycles. The fourth-order valence-corrected chi connectivity index (χ4v) is 1.74. The largest absolute Gasteiger partial charge is 0.418 e. The summed E-state index contributed by atoms with van der Waals surface area (Å²) in [5, 5.41) is 2.59. The van der Waals surface area contributed by atoms with Gasteiger partial charge in [-0.25, -0.2) is 9.97 Å². The van der Waals surface area contributed by atoms with E-state index in [4.69, 9.17) is 5.73 Å². The Labute approximate surface area is 115 Å². The molecule has 0 aliphatic rings. The highest BCUT2D eigenvalue weighted by Crippen LogP contribution is 2.36. The van der Waals surface area contributed by atoms with Gasteiger partial charge in [-0.1, -0.05) is 12.1 Å². The Morgan fingerprint density at radius 1 is 1.16 bits per heavy atom. The lowest BCUT2D eigenvalue weighted by molar-refractivity contribution is -0.136. The second-order valence-corrected chi connectivity index (χ2v) is 4.38. The van der Waals surface area contributed by atoms with Gasteiger partial charge in [0.05, 0.1) is 11.3 Å². The van der Waals surface area contributed by atoms with E-state index in [1.165, 1.54) is 24.5 Å². The second-order valence-electron chi connectivity index (χ2n) is 3.59. The van der Waals surface area contributed by atoms with Crippen LogP contribution in [0.15, 0.2) is 35.1 Å². The van der Waals surface area contributed by atoms with Crippen LogP contribution in [0.1, 0.15) is 5.56 Å². The van der Waals surface area contributed by atoms with Gasteiger partial charge in [-0.05, 0) is 28.1 Å². The van der Waals surface area contributed by atoms with Gasteiger partial charge < -0.3 is 11.1 Å². The summed E-state index contributed by atoms with van der Waals surface area (Å²) in [4.78, 5) is 7.55. The SMILES string of the molecule is Nc1ncnc(Nc2ccccc2C(F)(F)F)c1Br. The topological polar surface area (TPSA) is 63.8 Å². The number of para-hydroxylation sites is 1. The molecule has 0 unspecified atom stereocenters. The van der Waals surface area contributed by atoms with E-state index in [1.54, 1.807) is 0 Å². The summed E-state index contributed by atoms with van der Waals surface area (Å²) in [6, 6.07) is 5.11. The summed E-state index contributed by atoms with van der Waals surface area (Å²) in [6.07, 6.45) is -3.28. The van der Waals surface area contributed by atoms with Crippen LogP contribution in [-0.2, 0) is 6.18 Å². The minimum Gasteiger partial charge on any atom is -0.383 e. The van der Waals surface area contributed by atoms with Crippen molar-refractivity contribution in [3.63, 3.8) is 0 Å². The van der Waals surface area contributed by atoms with Gasteiger partial charge in [-0.15, -0.1) is 0 Å². The predicted molar refractivity (Wildman–Crippen MR) is 68.9 cm³/mol. The molecule has 0 spiro atoms. The maximum atomic E-state index is 12.8. The average Bonchev–Trinajstić information content (AvgIpc) is 2.34. The van der Waals surface area contributed by atoms with Crippen molar-refractivity contribution in [1.82, 2.24) is 9.97 Å². The molecule has 0 atom stereocenters. The lowest BCUT2D eigenvalue weighted by Gasteiger charge is -2.14. The number of hydrogen-bond donors (Lipinski definition) is 2. The zero-order valence-electron chi connectivity index (χ0n) is 9.37. The third kappa shape index (κ3) is 2.95. The van der Waals surface area contributed by atoms with Crippen LogP contribution in [0.2, 0.25) is 0 Å². The number of hydrogen-bond acceptors (Lipinski definition) is 4. The summed E-state index contributed by atoms with van der Waals surface area (Å²) in [6.45, 7) is 0. The van der Waals surface area contributed by atoms with E-state index >= 15 is 0 Å². The van der Waals surface area contributed by atoms with Gasteiger partial charge >= 0.3 is 6.18 Å². The molecule has 0 saturated carbocycles. The van der Waals surface area contributed by atoms with Gasteiger partial charge in [0.15, 0.2) is 0 Å². The molecule has 100 valence electrons. The number of halogens is 4. The van der Waals surface area contributed by atoms with Crippen LogP contribution in [0.5, 0.6) is 0 Å². The van der Waals surface area contributed by atoms with Gasteiger partial charge in [-0.3, -0.25) is 0 Å². The number of nitrogens with zero attached hydrogens (tertiary/aromatic N) is 2. The van der Waals surface area contributed by atoms with E-state index < -0.39 is 11.7 Å². The maximum absolute atomic E-state index is 12.8. The number of rotatable bonds is 2. The second kappa shape index (κ2) is 5.04. The molecule has 1 aromatic carbocycles. The molecule has 0 fully saturated rings. The molecule has 2 rings (SSSR count). The Kier molecular flexibility index (Phi) is 3.61. The average molecular weight is 333 g/mol. The Balaban J connectivity index is 2.42. The molecule has 1 aromatic heterocycles. The van der Waals surface area contributed by atoms with Crippen molar-refractivity contribution >= 4 is 33.3 Å². The van der Waals surface area contributed by atoms with Gasteiger partial charge in [0.1, 0.15) is 22.4 Å². The zero-order valence-corrected chi connectivity index (χ0v) is 11.0. The number of benzene rings is 1. The van der Waals surface area contributed by atoms with E-state index in [0.717, 1.165) is 6.07 Å². The lowest BCUT2D eigenvalue weighted by Crippen LogP contribution is -2.09. The molecule has 4 nitrogen and oxygen atoms in total. The van der Waals surface area contributed by atoms with Crippen LogP contribution >= 0.6 is 15.9 Å². The Bertz CT molecular complexity index is 601. The molecule has 19 heavy (non-hydrogen) atoms. The Hall–Kier alpha value is -1.83. The number of aromatic nitrogens is 2. The zero-order chi connectivity index (χ0) is 14.0. The van der Waals surface area contributed by atoms with Crippen LogP contribution in [0.3, 0.4) is 0 Å². The highest BCUT2D eigenvalue weighted by molar-refractivity contribution is 9.10. The summed E-state index contributed by atoms with van der Waals surface area (Å²) in [5.74, 6) is 0.311. The van der Waals surface area contributed by atoms with Gasteiger partial charge in [0.25, 0.3) is 0 Å². The summed E-state index contributed by atoms with van der Waals surface area (Å²) in [7, 11) is 0.